The van der Waals surface area contributed by atoms with E-state index in [1.54, 1.807) is 11.3 Å². The van der Waals surface area contributed by atoms with Crippen LogP contribution in [-0.4, -0.2) is 9.78 Å². The summed E-state index contributed by atoms with van der Waals surface area (Å²) in [6, 6.07) is 4.63. The van der Waals surface area contributed by atoms with Gasteiger partial charge in [0.05, 0.1) is 9.48 Å². The molecule has 0 bridgehead atoms. The molecule has 2 aromatic rings. The van der Waals surface area contributed by atoms with Gasteiger partial charge in [0, 0.05) is 36.3 Å². The summed E-state index contributed by atoms with van der Waals surface area (Å²) in [6.07, 6.45) is 3.08. The number of halogens is 1. The predicted molar refractivity (Wildman–Crippen MR) is 79.9 cm³/mol. The Balaban J connectivity index is 1.98. The van der Waals surface area contributed by atoms with E-state index in [2.05, 4.69) is 58.5 Å². The molecule has 0 radical (unpaired) electrons. The summed E-state index contributed by atoms with van der Waals surface area (Å²) in [5, 5.41) is 8.01. The van der Waals surface area contributed by atoms with E-state index < -0.39 is 0 Å². The Hall–Kier alpha value is -0.650. The highest BCUT2D eigenvalue weighted by atomic mass is 79.9. The summed E-state index contributed by atoms with van der Waals surface area (Å²) in [6.45, 7) is 5.21. The highest BCUT2D eigenvalue weighted by molar-refractivity contribution is 9.11. The van der Waals surface area contributed by atoms with Crippen molar-refractivity contribution in [2.45, 2.75) is 32.9 Å². The van der Waals surface area contributed by atoms with Gasteiger partial charge in [-0.1, -0.05) is 6.92 Å². The molecule has 0 aromatic carbocycles. The summed E-state index contributed by atoms with van der Waals surface area (Å²) in [7, 11) is 1.97. The molecule has 0 spiro atoms. The van der Waals surface area contributed by atoms with Crippen LogP contribution in [0, 0.1) is 0 Å². The molecule has 0 fully saturated rings. The van der Waals surface area contributed by atoms with Gasteiger partial charge in [-0.15, -0.1) is 11.3 Å². The SMILES string of the molecule is CCc1nn(C)cc1CNC(C)c1ccc(Br)s1. The molecule has 0 amide bonds. The first kappa shape index (κ1) is 13.8. The molecule has 2 heterocycles. The van der Waals surface area contributed by atoms with E-state index >= 15 is 0 Å². The lowest BCUT2D eigenvalue weighted by Crippen LogP contribution is -2.17. The normalized spacial score (nSPS) is 12.9. The van der Waals surface area contributed by atoms with Gasteiger partial charge < -0.3 is 5.32 Å². The average molecular weight is 328 g/mol. The van der Waals surface area contributed by atoms with Crippen molar-refractivity contribution in [2.75, 3.05) is 0 Å². The van der Waals surface area contributed by atoms with E-state index in [0.717, 1.165) is 13.0 Å². The average Bonchev–Trinajstić information content (AvgIpc) is 2.92. The molecule has 3 nitrogen and oxygen atoms in total. The van der Waals surface area contributed by atoms with Crippen LogP contribution in [0.5, 0.6) is 0 Å². The zero-order chi connectivity index (χ0) is 13.1. The number of nitrogens with one attached hydrogen (secondary N) is 1. The van der Waals surface area contributed by atoms with E-state index in [1.807, 2.05) is 11.7 Å². The van der Waals surface area contributed by atoms with Gasteiger partial charge in [-0.3, -0.25) is 4.68 Å². The Labute approximate surface area is 120 Å². The lowest BCUT2D eigenvalue weighted by atomic mass is 10.2. The van der Waals surface area contributed by atoms with Crippen LogP contribution in [-0.2, 0) is 20.0 Å². The van der Waals surface area contributed by atoms with E-state index in [4.69, 9.17) is 0 Å². The molecule has 2 aromatic heterocycles. The summed E-state index contributed by atoms with van der Waals surface area (Å²) in [4.78, 5) is 1.35. The molecule has 0 saturated carbocycles. The topological polar surface area (TPSA) is 29.9 Å². The maximum atomic E-state index is 4.46. The zero-order valence-electron chi connectivity index (χ0n) is 10.9. The maximum Gasteiger partial charge on any atom is 0.0701 e. The number of aryl methyl sites for hydroxylation is 2. The Morgan fingerprint density at radius 1 is 1.50 bits per heavy atom. The first-order valence-corrected chi connectivity index (χ1v) is 7.71. The number of thiophene rings is 1. The van der Waals surface area contributed by atoms with Crippen molar-refractivity contribution in [2.24, 2.45) is 7.05 Å². The molecule has 2 rings (SSSR count). The highest BCUT2D eigenvalue weighted by Gasteiger charge is 2.10. The molecule has 1 N–H and O–H groups in total. The lowest BCUT2D eigenvalue weighted by molar-refractivity contribution is 0.580. The fourth-order valence-electron chi connectivity index (χ4n) is 1.95. The summed E-state index contributed by atoms with van der Waals surface area (Å²) < 4.78 is 3.07. The number of hydrogen-bond donors (Lipinski definition) is 1. The lowest BCUT2D eigenvalue weighted by Gasteiger charge is -2.11. The largest absolute Gasteiger partial charge is 0.305 e. The van der Waals surface area contributed by atoms with Crippen LogP contribution >= 0.6 is 27.3 Å². The number of rotatable bonds is 5. The Bertz CT molecular complexity index is 518. The second-order valence-corrected chi connectivity index (χ2v) is 6.87. The van der Waals surface area contributed by atoms with Gasteiger partial charge in [-0.2, -0.15) is 5.10 Å². The Morgan fingerprint density at radius 3 is 2.89 bits per heavy atom. The monoisotopic (exact) mass is 327 g/mol. The number of hydrogen-bond acceptors (Lipinski definition) is 3. The molecular weight excluding hydrogens is 310 g/mol. The number of nitrogens with zero attached hydrogens (tertiary/aromatic N) is 2. The molecule has 1 atom stereocenters. The molecule has 18 heavy (non-hydrogen) atoms. The van der Waals surface area contributed by atoms with Crippen LogP contribution in [0.4, 0.5) is 0 Å². The van der Waals surface area contributed by atoms with Gasteiger partial charge >= 0.3 is 0 Å². The standard InChI is InChI=1S/C13H18BrN3S/c1-4-11-10(8-17(3)16-11)7-15-9(2)12-5-6-13(14)18-12/h5-6,8-9,15H,4,7H2,1-3H3. The van der Waals surface area contributed by atoms with Crippen molar-refractivity contribution >= 4 is 27.3 Å². The predicted octanol–water partition coefficient (Wildman–Crippen LogP) is 3.66. The fourth-order valence-corrected chi connectivity index (χ4v) is 3.40. The van der Waals surface area contributed by atoms with Crippen molar-refractivity contribution < 1.29 is 0 Å². The smallest absolute Gasteiger partial charge is 0.0701 e. The minimum absolute atomic E-state index is 0.367. The third-order valence-corrected chi connectivity index (χ3v) is 4.75. The molecule has 5 heteroatoms. The fraction of sp³-hybridized carbons (Fsp3) is 0.462. The van der Waals surface area contributed by atoms with E-state index in [-0.39, 0.29) is 0 Å². The van der Waals surface area contributed by atoms with E-state index in [1.165, 1.54) is 19.9 Å². The van der Waals surface area contributed by atoms with Gasteiger partial charge in [0.25, 0.3) is 0 Å². The number of aromatic nitrogens is 2. The van der Waals surface area contributed by atoms with E-state index in [9.17, 15) is 0 Å². The third kappa shape index (κ3) is 3.22. The molecule has 0 aliphatic carbocycles. The molecular formula is C13H18BrN3S. The Morgan fingerprint density at radius 2 is 2.28 bits per heavy atom. The van der Waals surface area contributed by atoms with Crippen molar-refractivity contribution in [3.05, 3.63) is 38.3 Å². The first-order chi connectivity index (χ1) is 8.60. The van der Waals surface area contributed by atoms with Crippen molar-refractivity contribution in [3.63, 3.8) is 0 Å². The summed E-state index contributed by atoms with van der Waals surface area (Å²) in [5.41, 5.74) is 2.48. The first-order valence-electron chi connectivity index (χ1n) is 6.10. The Kier molecular flexibility index (Phi) is 4.59. The van der Waals surface area contributed by atoms with Crippen LogP contribution in [0.1, 0.15) is 36.0 Å². The van der Waals surface area contributed by atoms with Gasteiger partial charge in [0.15, 0.2) is 0 Å². The zero-order valence-corrected chi connectivity index (χ0v) is 13.3. The second-order valence-electron chi connectivity index (χ2n) is 4.37. The van der Waals surface area contributed by atoms with Crippen molar-refractivity contribution in [3.8, 4) is 0 Å². The second kappa shape index (κ2) is 5.99. The van der Waals surface area contributed by atoms with Gasteiger partial charge in [0.2, 0.25) is 0 Å². The van der Waals surface area contributed by atoms with Crippen LogP contribution in [0.15, 0.2) is 22.1 Å². The van der Waals surface area contributed by atoms with Crippen LogP contribution in [0.3, 0.4) is 0 Å². The minimum atomic E-state index is 0.367. The molecule has 0 aliphatic rings. The molecule has 98 valence electrons. The van der Waals surface area contributed by atoms with Crippen molar-refractivity contribution in [1.82, 2.24) is 15.1 Å². The van der Waals surface area contributed by atoms with Gasteiger partial charge in [-0.25, -0.2) is 0 Å². The third-order valence-electron chi connectivity index (χ3n) is 2.95. The molecule has 1 unspecified atom stereocenters. The van der Waals surface area contributed by atoms with E-state index in [0.29, 0.717) is 6.04 Å². The molecule has 0 aliphatic heterocycles. The van der Waals surface area contributed by atoms with Crippen molar-refractivity contribution in [1.29, 1.82) is 0 Å². The minimum Gasteiger partial charge on any atom is -0.305 e. The van der Waals surface area contributed by atoms with Gasteiger partial charge in [0.1, 0.15) is 0 Å². The summed E-state index contributed by atoms with van der Waals surface area (Å²) in [5.74, 6) is 0. The van der Waals surface area contributed by atoms with Crippen LogP contribution < -0.4 is 5.32 Å². The van der Waals surface area contributed by atoms with Gasteiger partial charge in [-0.05, 0) is 41.4 Å². The maximum absolute atomic E-state index is 4.46. The molecule has 0 saturated heterocycles. The van der Waals surface area contributed by atoms with Crippen LogP contribution in [0.25, 0.3) is 0 Å². The highest BCUT2D eigenvalue weighted by Crippen LogP contribution is 2.27. The quantitative estimate of drug-likeness (QED) is 0.908. The van der Waals surface area contributed by atoms with Crippen LogP contribution in [0.2, 0.25) is 0 Å². The summed E-state index contributed by atoms with van der Waals surface area (Å²) >= 11 is 5.28.